The van der Waals surface area contributed by atoms with Gasteiger partial charge < -0.3 is 10.1 Å². The SMILES string of the molecule is CCC(C)NC(=O)C1(C#N)CCOCC1. The fraction of sp³-hybridized carbons (Fsp3) is 0.818. The van der Waals surface area contributed by atoms with E-state index >= 15 is 0 Å². The van der Waals surface area contributed by atoms with Crippen molar-refractivity contribution in [2.75, 3.05) is 13.2 Å². The lowest BCUT2D eigenvalue weighted by atomic mass is 9.80. The second kappa shape index (κ2) is 5.13. The second-order valence-electron chi connectivity index (χ2n) is 4.09. The Morgan fingerprint density at radius 1 is 1.60 bits per heavy atom. The standard InChI is InChI=1S/C11H18N2O2/c1-3-9(2)13-10(14)11(8-12)4-6-15-7-5-11/h9H,3-7H2,1-2H3,(H,13,14). The third-order valence-corrected chi connectivity index (χ3v) is 2.98. The van der Waals surface area contributed by atoms with Crippen molar-refractivity contribution in [3.63, 3.8) is 0 Å². The Morgan fingerprint density at radius 2 is 2.20 bits per heavy atom. The normalized spacial score (nSPS) is 21.4. The van der Waals surface area contributed by atoms with Crippen LogP contribution in [0.1, 0.15) is 33.1 Å². The maximum atomic E-state index is 11.9. The summed E-state index contributed by atoms with van der Waals surface area (Å²) in [6.07, 6.45) is 1.89. The van der Waals surface area contributed by atoms with Gasteiger partial charge in [0.1, 0.15) is 5.41 Å². The number of nitrogens with one attached hydrogen (secondary N) is 1. The van der Waals surface area contributed by atoms with E-state index in [1.807, 2.05) is 13.8 Å². The molecular formula is C11H18N2O2. The molecule has 0 aromatic carbocycles. The van der Waals surface area contributed by atoms with Gasteiger partial charge in [-0.3, -0.25) is 4.79 Å². The van der Waals surface area contributed by atoms with E-state index in [2.05, 4.69) is 11.4 Å². The van der Waals surface area contributed by atoms with Crippen LogP contribution in [0.4, 0.5) is 0 Å². The molecule has 0 spiro atoms. The van der Waals surface area contributed by atoms with Gasteiger partial charge in [0.2, 0.25) is 5.91 Å². The summed E-state index contributed by atoms with van der Waals surface area (Å²) in [5.41, 5.74) is -0.859. The third-order valence-electron chi connectivity index (χ3n) is 2.98. The number of hydrogen-bond donors (Lipinski definition) is 1. The molecule has 0 aromatic heterocycles. The minimum atomic E-state index is -0.859. The van der Waals surface area contributed by atoms with Crippen molar-refractivity contribution >= 4 is 5.91 Å². The fourth-order valence-corrected chi connectivity index (χ4v) is 1.57. The Morgan fingerprint density at radius 3 is 2.67 bits per heavy atom. The molecule has 1 unspecified atom stereocenters. The molecule has 1 N–H and O–H groups in total. The van der Waals surface area contributed by atoms with Gasteiger partial charge in [-0.15, -0.1) is 0 Å². The van der Waals surface area contributed by atoms with Crippen LogP contribution in [0, 0.1) is 16.7 Å². The molecule has 0 aliphatic carbocycles. The van der Waals surface area contributed by atoms with Gasteiger partial charge in [0.25, 0.3) is 0 Å². The van der Waals surface area contributed by atoms with E-state index in [-0.39, 0.29) is 11.9 Å². The highest BCUT2D eigenvalue weighted by Gasteiger charge is 2.40. The Kier molecular flexibility index (Phi) is 4.10. The molecule has 4 nitrogen and oxygen atoms in total. The molecule has 84 valence electrons. The van der Waals surface area contributed by atoms with Gasteiger partial charge in [-0.25, -0.2) is 0 Å². The number of nitriles is 1. The van der Waals surface area contributed by atoms with Crippen molar-refractivity contribution in [2.24, 2.45) is 5.41 Å². The maximum Gasteiger partial charge on any atom is 0.240 e. The first kappa shape index (κ1) is 12.0. The molecule has 1 saturated heterocycles. The van der Waals surface area contributed by atoms with Crippen molar-refractivity contribution in [2.45, 2.75) is 39.2 Å². The molecule has 1 amide bonds. The van der Waals surface area contributed by atoms with Crippen molar-refractivity contribution in [3.8, 4) is 6.07 Å². The zero-order chi connectivity index (χ0) is 11.3. The van der Waals surface area contributed by atoms with Crippen LogP contribution in [0.2, 0.25) is 0 Å². The Hall–Kier alpha value is -1.08. The van der Waals surface area contributed by atoms with Crippen LogP contribution >= 0.6 is 0 Å². The topological polar surface area (TPSA) is 62.1 Å². The second-order valence-corrected chi connectivity index (χ2v) is 4.09. The minimum absolute atomic E-state index is 0.130. The van der Waals surface area contributed by atoms with Gasteiger partial charge in [-0.1, -0.05) is 6.92 Å². The summed E-state index contributed by atoms with van der Waals surface area (Å²) in [6.45, 7) is 4.96. The summed E-state index contributed by atoms with van der Waals surface area (Å²) in [6, 6.07) is 2.28. The molecule has 15 heavy (non-hydrogen) atoms. The smallest absolute Gasteiger partial charge is 0.240 e. The first-order chi connectivity index (χ1) is 7.14. The molecule has 1 heterocycles. The number of rotatable bonds is 3. The van der Waals surface area contributed by atoms with Gasteiger partial charge in [0, 0.05) is 19.3 Å². The summed E-state index contributed by atoms with van der Waals surface area (Å²) in [7, 11) is 0. The number of ether oxygens (including phenoxy) is 1. The van der Waals surface area contributed by atoms with Crippen LogP contribution in [-0.2, 0) is 9.53 Å². The quantitative estimate of drug-likeness (QED) is 0.761. The fourth-order valence-electron chi connectivity index (χ4n) is 1.57. The average Bonchev–Trinajstić information content (AvgIpc) is 2.29. The zero-order valence-electron chi connectivity index (χ0n) is 9.38. The first-order valence-electron chi connectivity index (χ1n) is 5.44. The molecule has 0 aromatic rings. The van der Waals surface area contributed by atoms with Crippen LogP contribution in [0.3, 0.4) is 0 Å². The summed E-state index contributed by atoms with van der Waals surface area (Å²) in [4.78, 5) is 11.9. The molecule has 1 fully saturated rings. The van der Waals surface area contributed by atoms with Gasteiger partial charge >= 0.3 is 0 Å². The third kappa shape index (κ3) is 2.69. The van der Waals surface area contributed by atoms with Crippen LogP contribution in [0.25, 0.3) is 0 Å². The molecule has 0 bridgehead atoms. The minimum Gasteiger partial charge on any atom is -0.381 e. The molecule has 4 heteroatoms. The Bertz CT molecular complexity index is 264. The number of carbonyl (C=O) groups is 1. The zero-order valence-corrected chi connectivity index (χ0v) is 9.38. The van der Waals surface area contributed by atoms with E-state index < -0.39 is 5.41 Å². The monoisotopic (exact) mass is 210 g/mol. The molecule has 1 rings (SSSR count). The summed E-state index contributed by atoms with van der Waals surface area (Å²) >= 11 is 0. The molecule has 1 atom stereocenters. The summed E-state index contributed by atoms with van der Waals surface area (Å²) in [5, 5.41) is 12.0. The van der Waals surface area contributed by atoms with Crippen LogP contribution in [0.15, 0.2) is 0 Å². The molecule has 0 radical (unpaired) electrons. The van der Waals surface area contributed by atoms with Crippen molar-refractivity contribution in [1.29, 1.82) is 5.26 Å². The van der Waals surface area contributed by atoms with Crippen LogP contribution in [0.5, 0.6) is 0 Å². The van der Waals surface area contributed by atoms with Crippen molar-refractivity contribution in [3.05, 3.63) is 0 Å². The highest BCUT2D eigenvalue weighted by Crippen LogP contribution is 2.29. The first-order valence-corrected chi connectivity index (χ1v) is 5.44. The van der Waals surface area contributed by atoms with Gasteiger partial charge in [0.15, 0.2) is 0 Å². The number of amides is 1. The van der Waals surface area contributed by atoms with E-state index in [1.165, 1.54) is 0 Å². The number of nitrogens with zero attached hydrogens (tertiary/aromatic N) is 1. The predicted octanol–water partition coefficient (Wildman–Crippen LogP) is 1.22. The largest absolute Gasteiger partial charge is 0.381 e. The van der Waals surface area contributed by atoms with E-state index in [4.69, 9.17) is 10.00 Å². The Labute approximate surface area is 90.6 Å². The van der Waals surface area contributed by atoms with Gasteiger partial charge in [0.05, 0.1) is 6.07 Å². The van der Waals surface area contributed by atoms with Crippen LogP contribution < -0.4 is 5.32 Å². The average molecular weight is 210 g/mol. The van der Waals surface area contributed by atoms with E-state index in [0.29, 0.717) is 26.1 Å². The van der Waals surface area contributed by atoms with Crippen LogP contribution in [-0.4, -0.2) is 25.2 Å². The van der Waals surface area contributed by atoms with E-state index in [9.17, 15) is 4.79 Å². The van der Waals surface area contributed by atoms with E-state index in [0.717, 1.165) is 6.42 Å². The van der Waals surface area contributed by atoms with Gasteiger partial charge in [-0.05, 0) is 26.2 Å². The lowest BCUT2D eigenvalue weighted by Gasteiger charge is -2.30. The highest BCUT2D eigenvalue weighted by atomic mass is 16.5. The summed E-state index contributed by atoms with van der Waals surface area (Å²) < 4.78 is 5.18. The van der Waals surface area contributed by atoms with Crippen molar-refractivity contribution < 1.29 is 9.53 Å². The van der Waals surface area contributed by atoms with E-state index in [1.54, 1.807) is 0 Å². The number of hydrogen-bond acceptors (Lipinski definition) is 3. The maximum absolute atomic E-state index is 11.9. The molecule has 0 saturated carbocycles. The number of carbonyl (C=O) groups excluding carboxylic acids is 1. The molecular weight excluding hydrogens is 192 g/mol. The van der Waals surface area contributed by atoms with Crippen molar-refractivity contribution in [1.82, 2.24) is 5.32 Å². The Balaban J connectivity index is 2.65. The summed E-state index contributed by atoms with van der Waals surface area (Å²) in [5.74, 6) is -0.136. The highest BCUT2D eigenvalue weighted by molar-refractivity contribution is 5.85. The molecule has 1 aliphatic rings. The predicted molar refractivity (Wildman–Crippen MR) is 56.0 cm³/mol. The lowest BCUT2D eigenvalue weighted by molar-refractivity contribution is -0.133. The lowest BCUT2D eigenvalue weighted by Crippen LogP contribution is -2.46. The van der Waals surface area contributed by atoms with Gasteiger partial charge in [-0.2, -0.15) is 5.26 Å². The molecule has 1 aliphatic heterocycles.